The molecular formula is C15H21N3O2. The van der Waals surface area contributed by atoms with Gasteiger partial charge in [-0.15, -0.1) is 0 Å². The Morgan fingerprint density at radius 2 is 1.95 bits per heavy atom. The second kappa shape index (κ2) is 7.05. The van der Waals surface area contributed by atoms with Gasteiger partial charge in [-0.1, -0.05) is 30.3 Å². The van der Waals surface area contributed by atoms with Gasteiger partial charge in [0.1, 0.15) is 0 Å². The molecule has 1 aliphatic rings. The minimum Gasteiger partial charge on any atom is -0.352 e. The number of carbonyl (C=O) groups is 2. The number of nitrogens with two attached hydrogens (primary N) is 1. The van der Waals surface area contributed by atoms with Crippen molar-refractivity contribution in [2.24, 2.45) is 11.7 Å². The standard InChI is InChI=1S/C15H21N3O2/c16-9-12(8-11-4-2-1-3-5-11)15(20)17-10-14(19)18-13-6-7-13/h1-5,12-13H,6-10,16H2,(H,17,20)(H,18,19). The fraction of sp³-hybridized carbons (Fsp3) is 0.467. The normalized spacial score (nSPS) is 15.4. The lowest BCUT2D eigenvalue weighted by Gasteiger charge is -2.15. The van der Waals surface area contributed by atoms with Crippen LogP contribution in [0.3, 0.4) is 0 Å². The Morgan fingerprint density at radius 1 is 1.25 bits per heavy atom. The van der Waals surface area contributed by atoms with E-state index in [4.69, 9.17) is 5.73 Å². The molecule has 1 fully saturated rings. The lowest BCUT2D eigenvalue weighted by Crippen LogP contribution is -2.42. The van der Waals surface area contributed by atoms with Crippen LogP contribution in [0.4, 0.5) is 0 Å². The van der Waals surface area contributed by atoms with Crippen LogP contribution < -0.4 is 16.4 Å². The third-order valence-corrected chi connectivity index (χ3v) is 3.35. The average molecular weight is 275 g/mol. The first-order chi connectivity index (χ1) is 9.69. The monoisotopic (exact) mass is 275 g/mol. The fourth-order valence-corrected chi connectivity index (χ4v) is 2.00. The average Bonchev–Trinajstić information content (AvgIpc) is 3.27. The highest BCUT2D eigenvalue weighted by molar-refractivity contribution is 5.86. The zero-order valence-corrected chi connectivity index (χ0v) is 11.5. The van der Waals surface area contributed by atoms with E-state index < -0.39 is 0 Å². The minimum atomic E-state index is -0.300. The summed E-state index contributed by atoms with van der Waals surface area (Å²) >= 11 is 0. The minimum absolute atomic E-state index is 0.0284. The number of amides is 2. The second-order valence-corrected chi connectivity index (χ2v) is 5.18. The molecular weight excluding hydrogens is 254 g/mol. The number of carbonyl (C=O) groups excluding carboxylic acids is 2. The van der Waals surface area contributed by atoms with Gasteiger partial charge in [0.15, 0.2) is 0 Å². The highest BCUT2D eigenvalue weighted by atomic mass is 16.2. The van der Waals surface area contributed by atoms with Crippen LogP contribution in [0.2, 0.25) is 0 Å². The predicted octanol–water partition coefficient (Wildman–Crippen LogP) is 0.199. The van der Waals surface area contributed by atoms with E-state index in [1.807, 2.05) is 30.3 Å². The van der Waals surface area contributed by atoms with Crippen LogP contribution in [0.15, 0.2) is 30.3 Å². The van der Waals surface area contributed by atoms with E-state index in [1.54, 1.807) is 0 Å². The highest BCUT2D eigenvalue weighted by Crippen LogP contribution is 2.18. The van der Waals surface area contributed by atoms with Gasteiger partial charge >= 0.3 is 0 Å². The first kappa shape index (κ1) is 14.5. The first-order valence-corrected chi connectivity index (χ1v) is 7.00. The van der Waals surface area contributed by atoms with Crippen molar-refractivity contribution in [3.8, 4) is 0 Å². The van der Waals surface area contributed by atoms with E-state index >= 15 is 0 Å². The van der Waals surface area contributed by atoms with E-state index in [0.717, 1.165) is 18.4 Å². The lowest BCUT2D eigenvalue weighted by atomic mass is 9.98. The summed E-state index contributed by atoms with van der Waals surface area (Å²) in [6.07, 6.45) is 2.67. The van der Waals surface area contributed by atoms with Gasteiger partial charge in [-0.3, -0.25) is 9.59 Å². The zero-order valence-electron chi connectivity index (χ0n) is 11.5. The Kier molecular flexibility index (Phi) is 5.12. The third kappa shape index (κ3) is 4.66. The summed E-state index contributed by atoms with van der Waals surface area (Å²) in [5.41, 5.74) is 6.73. The molecule has 0 heterocycles. The highest BCUT2D eigenvalue weighted by Gasteiger charge is 2.24. The second-order valence-electron chi connectivity index (χ2n) is 5.18. The van der Waals surface area contributed by atoms with Gasteiger partial charge in [0.2, 0.25) is 11.8 Å². The van der Waals surface area contributed by atoms with Gasteiger partial charge in [-0.2, -0.15) is 0 Å². The quantitative estimate of drug-likeness (QED) is 0.664. The molecule has 1 saturated carbocycles. The smallest absolute Gasteiger partial charge is 0.239 e. The maximum atomic E-state index is 12.0. The summed E-state index contributed by atoms with van der Waals surface area (Å²) in [4.78, 5) is 23.5. The number of rotatable bonds is 7. The fourth-order valence-electron chi connectivity index (χ4n) is 2.00. The summed E-state index contributed by atoms with van der Waals surface area (Å²) in [6.45, 7) is 0.297. The Labute approximate surface area is 118 Å². The molecule has 1 atom stereocenters. The topological polar surface area (TPSA) is 84.2 Å². The Morgan fingerprint density at radius 3 is 2.55 bits per heavy atom. The molecule has 20 heavy (non-hydrogen) atoms. The van der Waals surface area contributed by atoms with Crippen molar-refractivity contribution in [2.75, 3.05) is 13.1 Å². The van der Waals surface area contributed by atoms with Crippen molar-refractivity contribution in [3.05, 3.63) is 35.9 Å². The van der Waals surface area contributed by atoms with E-state index in [0.29, 0.717) is 12.5 Å². The first-order valence-electron chi connectivity index (χ1n) is 7.00. The van der Waals surface area contributed by atoms with E-state index in [-0.39, 0.29) is 30.8 Å². The number of hydrogen-bond acceptors (Lipinski definition) is 3. The molecule has 0 saturated heterocycles. The summed E-state index contributed by atoms with van der Waals surface area (Å²) in [5, 5.41) is 5.49. The van der Waals surface area contributed by atoms with Crippen LogP contribution in [0.25, 0.3) is 0 Å². The summed E-state index contributed by atoms with van der Waals surface area (Å²) in [5.74, 6) is -0.593. The molecule has 0 bridgehead atoms. The lowest BCUT2D eigenvalue weighted by molar-refractivity contribution is -0.128. The van der Waals surface area contributed by atoms with Gasteiger partial charge in [0.05, 0.1) is 12.5 Å². The SMILES string of the molecule is NCC(Cc1ccccc1)C(=O)NCC(=O)NC1CC1. The molecule has 5 nitrogen and oxygen atoms in total. The van der Waals surface area contributed by atoms with Gasteiger partial charge in [-0.25, -0.2) is 0 Å². The Hall–Kier alpha value is -1.88. The van der Waals surface area contributed by atoms with Gasteiger partial charge in [0.25, 0.3) is 0 Å². The molecule has 5 heteroatoms. The molecule has 0 aliphatic heterocycles. The van der Waals surface area contributed by atoms with E-state index in [2.05, 4.69) is 10.6 Å². The van der Waals surface area contributed by atoms with Gasteiger partial charge < -0.3 is 16.4 Å². The molecule has 1 unspecified atom stereocenters. The van der Waals surface area contributed by atoms with Gasteiger partial charge in [0, 0.05) is 12.6 Å². The molecule has 0 spiro atoms. The van der Waals surface area contributed by atoms with Crippen LogP contribution in [-0.2, 0) is 16.0 Å². The van der Waals surface area contributed by atoms with Crippen molar-refractivity contribution in [2.45, 2.75) is 25.3 Å². The molecule has 0 radical (unpaired) electrons. The predicted molar refractivity (Wildman–Crippen MR) is 76.9 cm³/mol. The molecule has 2 amide bonds. The van der Waals surface area contributed by atoms with E-state index in [1.165, 1.54) is 0 Å². The maximum Gasteiger partial charge on any atom is 0.239 e. The molecule has 1 aromatic carbocycles. The van der Waals surface area contributed by atoms with Crippen molar-refractivity contribution >= 4 is 11.8 Å². The van der Waals surface area contributed by atoms with Crippen LogP contribution in [0, 0.1) is 5.92 Å². The summed E-state index contributed by atoms with van der Waals surface area (Å²) in [6, 6.07) is 10.1. The van der Waals surface area contributed by atoms with Crippen LogP contribution in [0.5, 0.6) is 0 Å². The molecule has 2 rings (SSSR count). The molecule has 1 aliphatic carbocycles. The summed E-state index contributed by atoms with van der Waals surface area (Å²) in [7, 11) is 0. The maximum absolute atomic E-state index is 12.0. The van der Waals surface area contributed by atoms with Crippen LogP contribution in [-0.4, -0.2) is 30.9 Å². The van der Waals surface area contributed by atoms with Crippen LogP contribution >= 0.6 is 0 Å². The zero-order chi connectivity index (χ0) is 14.4. The Bertz CT molecular complexity index is 457. The number of benzene rings is 1. The largest absolute Gasteiger partial charge is 0.352 e. The number of nitrogens with one attached hydrogen (secondary N) is 2. The third-order valence-electron chi connectivity index (χ3n) is 3.35. The van der Waals surface area contributed by atoms with Crippen molar-refractivity contribution in [3.63, 3.8) is 0 Å². The Balaban J connectivity index is 1.77. The molecule has 1 aromatic rings. The van der Waals surface area contributed by atoms with Crippen molar-refractivity contribution in [1.29, 1.82) is 0 Å². The van der Waals surface area contributed by atoms with E-state index in [9.17, 15) is 9.59 Å². The molecule has 0 aromatic heterocycles. The molecule has 108 valence electrons. The molecule has 4 N–H and O–H groups in total. The number of hydrogen-bond donors (Lipinski definition) is 3. The van der Waals surface area contributed by atoms with Crippen molar-refractivity contribution in [1.82, 2.24) is 10.6 Å². The summed E-state index contributed by atoms with van der Waals surface area (Å²) < 4.78 is 0. The van der Waals surface area contributed by atoms with Crippen molar-refractivity contribution < 1.29 is 9.59 Å². The van der Waals surface area contributed by atoms with Crippen LogP contribution in [0.1, 0.15) is 18.4 Å². The van der Waals surface area contributed by atoms with Gasteiger partial charge in [-0.05, 0) is 24.8 Å².